The fourth-order valence-electron chi connectivity index (χ4n) is 3.62. The van der Waals surface area contributed by atoms with Crippen molar-refractivity contribution < 1.29 is 24.2 Å². The molecule has 5 nitrogen and oxygen atoms in total. The minimum Gasteiger partial charge on any atom is -0.459 e. The third-order valence-corrected chi connectivity index (χ3v) is 5.24. The molecule has 0 unspecified atom stereocenters. The zero-order valence-corrected chi connectivity index (χ0v) is 13.2. The Morgan fingerprint density at radius 2 is 2.18 bits per heavy atom. The van der Waals surface area contributed by atoms with Gasteiger partial charge in [-0.2, -0.15) is 0 Å². The van der Waals surface area contributed by atoms with E-state index in [4.69, 9.17) is 9.47 Å². The number of carbonyl (C=O) groups excluding carboxylic acids is 2. The predicted molar refractivity (Wildman–Crippen MR) is 78.4 cm³/mol. The van der Waals surface area contributed by atoms with Crippen LogP contribution in [0, 0.1) is 11.3 Å². The molecule has 5 heteroatoms. The van der Waals surface area contributed by atoms with Gasteiger partial charge in [-0.1, -0.05) is 13.8 Å². The van der Waals surface area contributed by atoms with E-state index in [1.54, 1.807) is 13.0 Å². The SMILES string of the molecule is CC(=O)O[C@H]1[C@H](O)C=C2C=C3OC(=O)C(C)=C3C[C@]2(C)[C@H]1C. The monoisotopic (exact) mass is 304 g/mol. The van der Waals surface area contributed by atoms with Crippen molar-refractivity contribution in [1.29, 1.82) is 0 Å². The Balaban J connectivity index is 2.06. The third-order valence-electron chi connectivity index (χ3n) is 5.24. The van der Waals surface area contributed by atoms with E-state index in [0.717, 1.165) is 11.1 Å². The van der Waals surface area contributed by atoms with E-state index < -0.39 is 18.2 Å². The molecule has 0 saturated carbocycles. The molecule has 2 aliphatic carbocycles. The first kappa shape index (κ1) is 15.0. The average molecular weight is 304 g/mol. The standard InChI is InChI=1S/C17H20O5/c1-8-12-7-17(4)9(2)15(21-10(3)18)13(19)5-11(17)6-14(12)22-16(8)20/h5-6,9,13,15,19H,7H2,1-4H3/t9-,13+,15+,17+/m0/s1. The summed E-state index contributed by atoms with van der Waals surface area (Å²) in [7, 11) is 0. The van der Waals surface area contributed by atoms with Crippen LogP contribution in [-0.4, -0.2) is 29.3 Å². The first-order valence-electron chi connectivity index (χ1n) is 7.45. The van der Waals surface area contributed by atoms with Crippen LogP contribution in [0.2, 0.25) is 0 Å². The average Bonchev–Trinajstić information content (AvgIpc) is 2.69. The maximum absolute atomic E-state index is 11.7. The first-order chi connectivity index (χ1) is 10.2. The fourth-order valence-corrected chi connectivity index (χ4v) is 3.62. The molecular weight excluding hydrogens is 284 g/mol. The lowest BCUT2D eigenvalue weighted by atomic mass is 9.60. The van der Waals surface area contributed by atoms with Gasteiger partial charge in [0.2, 0.25) is 0 Å². The van der Waals surface area contributed by atoms with Crippen LogP contribution in [0.15, 0.2) is 34.6 Å². The molecule has 0 bridgehead atoms. The Labute approximate surface area is 129 Å². The topological polar surface area (TPSA) is 72.8 Å². The summed E-state index contributed by atoms with van der Waals surface area (Å²) in [4.78, 5) is 23.1. The van der Waals surface area contributed by atoms with Crippen molar-refractivity contribution in [3.05, 3.63) is 34.6 Å². The number of ether oxygens (including phenoxy) is 2. The van der Waals surface area contributed by atoms with Crippen molar-refractivity contribution in [2.24, 2.45) is 11.3 Å². The molecule has 1 heterocycles. The molecule has 4 atom stereocenters. The van der Waals surface area contributed by atoms with Gasteiger partial charge in [0.1, 0.15) is 18.0 Å². The summed E-state index contributed by atoms with van der Waals surface area (Å²) in [5.74, 6) is -0.219. The van der Waals surface area contributed by atoms with Crippen molar-refractivity contribution in [2.75, 3.05) is 0 Å². The molecule has 0 saturated heterocycles. The maximum Gasteiger partial charge on any atom is 0.339 e. The number of allylic oxidation sites excluding steroid dienone is 3. The predicted octanol–water partition coefficient (Wildman–Crippen LogP) is 2.02. The van der Waals surface area contributed by atoms with Crippen molar-refractivity contribution in [3.63, 3.8) is 0 Å². The molecule has 0 amide bonds. The lowest BCUT2D eigenvalue weighted by Crippen LogP contribution is -2.48. The molecule has 118 valence electrons. The summed E-state index contributed by atoms with van der Waals surface area (Å²) in [5.41, 5.74) is 2.16. The summed E-state index contributed by atoms with van der Waals surface area (Å²) in [6.07, 6.45) is 2.73. The summed E-state index contributed by atoms with van der Waals surface area (Å²) >= 11 is 0. The summed E-state index contributed by atoms with van der Waals surface area (Å²) in [6.45, 7) is 7.15. The van der Waals surface area contributed by atoms with Gasteiger partial charge in [-0.25, -0.2) is 4.79 Å². The molecule has 1 N–H and O–H groups in total. The first-order valence-corrected chi connectivity index (χ1v) is 7.45. The number of aliphatic hydroxyl groups excluding tert-OH is 1. The Morgan fingerprint density at radius 3 is 2.82 bits per heavy atom. The highest BCUT2D eigenvalue weighted by Crippen LogP contribution is 2.53. The summed E-state index contributed by atoms with van der Waals surface area (Å²) in [5, 5.41) is 10.3. The highest BCUT2D eigenvalue weighted by Gasteiger charge is 2.50. The minimum atomic E-state index is -0.859. The van der Waals surface area contributed by atoms with Crippen LogP contribution in [-0.2, 0) is 19.1 Å². The molecule has 0 radical (unpaired) electrons. The smallest absolute Gasteiger partial charge is 0.339 e. The Kier molecular flexibility index (Phi) is 3.29. The van der Waals surface area contributed by atoms with E-state index in [2.05, 4.69) is 6.92 Å². The van der Waals surface area contributed by atoms with Crippen molar-refractivity contribution in [2.45, 2.75) is 46.3 Å². The van der Waals surface area contributed by atoms with E-state index in [1.165, 1.54) is 6.92 Å². The highest BCUT2D eigenvalue weighted by molar-refractivity contribution is 5.94. The molecule has 3 rings (SSSR count). The van der Waals surface area contributed by atoms with Crippen LogP contribution in [0.1, 0.15) is 34.1 Å². The normalized spacial score (nSPS) is 37.0. The molecule has 22 heavy (non-hydrogen) atoms. The Morgan fingerprint density at radius 1 is 1.50 bits per heavy atom. The van der Waals surface area contributed by atoms with Crippen LogP contribution >= 0.6 is 0 Å². The van der Waals surface area contributed by atoms with Crippen molar-refractivity contribution in [1.82, 2.24) is 0 Å². The van der Waals surface area contributed by atoms with Gasteiger partial charge in [0.25, 0.3) is 0 Å². The Hall–Kier alpha value is -1.88. The second kappa shape index (κ2) is 4.81. The van der Waals surface area contributed by atoms with Crippen molar-refractivity contribution >= 4 is 11.9 Å². The Bertz CT molecular complexity index is 654. The molecule has 0 aromatic carbocycles. The van der Waals surface area contributed by atoms with Gasteiger partial charge >= 0.3 is 11.9 Å². The minimum absolute atomic E-state index is 0.0831. The van der Waals surface area contributed by atoms with Crippen molar-refractivity contribution in [3.8, 4) is 0 Å². The molecule has 0 aromatic heterocycles. The van der Waals surface area contributed by atoms with E-state index in [0.29, 0.717) is 17.8 Å². The van der Waals surface area contributed by atoms with Gasteiger partial charge in [-0.05, 0) is 31.1 Å². The second-order valence-electron chi connectivity index (χ2n) is 6.57. The van der Waals surface area contributed by atoms with Crippen LogP contribution in [0.4, 0.5) is 0 Å². The van der Waals surface area contributed by atoms with E-state index >= 15 is 0 Å². The summed E-state index contributed by atoms with van der Waals surface area (Å²) in [6, 6.07) is 0. The van der Waals surface area contributed by atoms with Crippen LogP contribution in [0.3, 0.4) is 0 Å². The van der Waals surface area contributed by atoms with E-state index in [-0.39, 0.29) is 17.3 Å². The number of fused-ring (bicyclic) bond motifs is 2. The number of esters is 2. The molecule has 0 fully saturated rings. The molecule has 3 aliphatic rings. The van der Waals surface area contributed by atoms with E-state index in [9.17, 15) is 14.7 Å². The lowest BCUT2D eigenvalue weighted by Gasteiger charge is -2.47. The maximum atomic E-state index is 11.7. The zero-order chi connectivity index (χ0) is 16.2. The van der Waals surface area contributed by atoms with Crippen LogP contribution < -0.4 is 0 Å². The van der Waals surface area contributed by atoms with Gasteiger partial charge in [-0.15, -0.1) is 0 Å². The second-order valence-corrected chi connectivity index (χ2v) is 6.57. The number of hydrogen-bond acceptors (Lipinski definition) is 5. The highest BCUT2D eigenvalue weighted by atomic mass is 16.6. The van der Waals surface area contributed by atoms with Gasteiger partial charge < -0.3 is 14.6 Å². The number of carbonyl (C=O) groups is 2. The largest absolute Gasteiger partial charge is 0.459 e. The number of hydrogen-bond donors (Lipinski definition) is 1. The van der Waals surface area contributed by atoms with Gasteiger partial charge in [0.05, 0.1) is 0 Å². The van der Waals surface area contributed by atoms with Gasteiger partial charge in [0, 0.05) is 29.4 Å². The number of rotatable bonds is 1. The van der Waals surface area contributed by atoms with Crippen LogP contribution in [0.25, 0.3) is 0 Å². The molecule has 0 aromatic rings. The zero-order valence-electron chi connectivity index (χ0n) is 13.2. The molecular formula is C17H20O5. The number of aliphatic hydroxyl groups is 1. The lowest BCUT2D eigenvalue weighted by molar-refractivity contribution is -0.158. The van der Waals surface area contributed by atoms with E-state index in [1.807, 2.05) is 13.0 Å². The summed E-state index contributed by atoms with van der Waals surface area (Å²) < 4.78 is 10.6. The molecule has 0 spiro atoms. The fraction of sp³-hybridized carbons (Fsp3) is 0.529. The third kappa shape index (κ3) is 2.03. The van der Waals surface area contributed by atoms with Gasteiger partial charge in [-0.3, -0.25) is 4.79 Å². The molecule has 1 aliphatic heterocycles. The van der Waals surface area contributed by atoms with Crippen LogP contribution in [0.5, 0.6) is 0 Å². The van der Waals surface area contributed by atoms with Gasteiger partial charge in [0.15, 0.2) is 0 Å². The quantitative estimate of drug-likeness (QED) is 0.750.